The summed E-state index contributed by atoms with van der Waals surface area (Å²) in [5.74, 6) is 0.680. The summed E-state index contributed by atoms with van der Waals surface area (Å²) >= 11 is 0. The minimum Gasteiger partial charge on any atom is -0.376 e. The van der Waals surface area contributed by atoms with E-state index in [0.29, 0.717) is 12.4 Å². The van der Waals surface area contributed by atoms with E-state index in [2.05, 4.69) is 20.6 Å². The third-order valence-corrected chi connectivity index (χ3v) is 3.71. The average Bonchev–Trinajstić information content (AvgIpc) is 3.07. The Morgan fingerprint density at radius 2 is 2.13 bits per heavy atom. The molecule has 2 aromatic rings. The quantitative estimate of drug-likeness (QED) is 0.910. The molecule has 1 aromatic carbocycles. The number of nitrogens with one attached hydrogen (secondary N) is 2. The minimum absolute atomic E-state index is 0.140. The van der Waals surface area contributed by atoms with Crippen molar-refractivity contribution in [2.75, 3.05) is 18.5 Å². The molecule has 0 aliphatic carbocycles. The molecule has 2 heterocycles. The Kier molecular flexibility index (Phi) is 4.83. The average molecular weight is 312 g/mol. The van der Waals surface area contributed by atoms with E-state index in [4.69, 9.17) is 4.74 Å². The van der Waals surface area contributed by atoms with E-state index < -0.39 is 0 Å². The molecule has 6 heteroatoms. The van der Waals surface area contributed by atoms with E-state index in [1.54, 1.807) is 6.20 Å². The van der Waals surface area contributed by atoms with Gasteiger partial charge in [-0.25, -0.2) is 14.8 Å². The van der Waals surface area contributed by atoms with Crippen molar-refractivity contribution in [3.8, 4) is 11.4 Å². The fourth-order valence-electron chi connectivity index (χ4n) is 2.48. The SMILES string of the molecule is Cc1ccnc(-c2ccc(NC(=O)NC[C@H]3CCCO3)cc2)n1. The number of benzene rings is 1. The second-order valence-electron chi connectivity index (χ2n) is 5.57. The monoisotopic (exact) mass is 312 g/mol. The maximum Gasteiger partial charge on any atom is 0.319 e. The largest absolute Gasteiger partial charge is 0.376 e. The van der Waals surface area contributed by atoms with E-state index in [0.717, 1.165) is 36.4 Å². The minimum atomic E-state index is -0.222. The zero-order chi connectivity index (χ0) is 16.1. The predicted molar refractivity (Wildman–Crippen MR) is 88.2 cm³/mol. The van der Waals surface area contributed by atoms with Crippen LogP contribution in [0.25, 0.3) is 11.4 Å². The first kappa shape index (κ1) is 15.4. The van der Waals surface area contributed by atoms with Crippen LogP contribution in [0.2, 0.25) is 0 Å². The van der Waals surface area contributed by atoms with Crippen LogP contribution >= 0.6 is 0 Å². The Labute approximate surface area is 135 Å². The number of hydrogen-bond donors (Lipinski definition) is 2. The number of aromatic nitrogens is 2. The summed E-state index contributed by atoms with van der Waals surface area (Å²) in [5, 5.41) is 5.64. The molecule has 0 saturated carbocycles. The molecule has 3 rings (SSSR count). The van der Waals surface area contributed by atoms with Crippen LogP contribution in [0.1, 0.15) is 18.5 Å². The number of urea groups is 1. The van der Waals surface area contributed by atoms with Crippen molar-refractivity contribution in [1.29, 1.82) is 0 Å². The number of carbonyl (C=O) groups excluding carboxylic acids is 1. The molecule has 6 nitrogen and oxygen atoms in total. The Balaban J connectivity index is 1.55. The molecular formula is C17H20N4O2. The number of ether oxygens (including phenoxy) is 1. The molecule has 1 aliphatic heterocycles. The Morgan fingerprint density at radius 3 is 2.83 bits per heavy atom. The fraction of sp³-hybridized carbons (Fsp3) is 0.353. The van der Waals surface area contributed by atoms with Crippen molar-refractivity contribution in [2.24, 2.45) is 0 Å². The van der Waals surface area contributed by atoms with Crippen molar-refractivity contribution in [2.45, 2.75) is 25.9 Å². The van der Waals surface area contributed by atoms with E-state index in [-0.39, 0.29) is 12.1 Å². The number of nitrogens with zero attached hydrogens (tertiary/aromatic N) is 2. The van der Waals surface area contributed by atoms with Gasteiger partial charge in [-0.05, 0) is 50.1 Å². The summed E-state index contributed by atoms with van der Waals surface area (Å²) < 4.78 is 5.47. The van der Waals surface area contributed by atoms with E-state index in [1.165, 1.54) is 0 Å². The lowest BCUT2D eigenvalue weighted by Crippen LogP contribution is -2.34. The standard InChI is InChI=1S/C17H20N4O2/c1-12-8-9-18-16(20-12)13-4-6-14(7-5-13)21-17(22)19-11-15-3-2-10-23-15/h4-9,15H,2-3,10-11H2,1H3,(H2,19,21,22)/t15-/m1/s1. The van der Waals surface area contributed by atoms with Crippen LogP contribution in [0.15, 0.2) is 36.5 Å². The van der Waals surface area contributed by atoms with Gasteiger partial charge in [0.25, 0.3) is 0 Å². The van der Waals surface area contributed by atoms with Crippen LogP contribution in [0, 0.1) is 6.92 Å². The molecule has 0 radical (unpaired) electrons. The highest BCUT2D eigenvalue weighted by Gasteiger charge is 2.16. The normalized spacial score (nSPS) is 17.0. The Morgan fingerprint density at radius 1 is 1.30 bits per heavy atom. The molecule has 0 unspecified atom stereocenters. The summed E-state index contributed by atoms with van der Waals surface area (Å²) in [7, 11) is 0. The van der Waals surface area contributed by atoms with Gasteiger partial charge in [0.15, 0.2) is 5.82 Å². The van der Waals surface area contributed by atoms with Gasteiger partial charge >= 0.3 is 6.03 Å². The lowest BCUT2D eigenvalue weighted by Gasteiger charge is -2.12. The number of anilines is 1. The molecule has 0 spiro atoms. The highest BCUT2D eigenvalue weighted by Crippen LogP contribution is 2.18. The van der Waals surface area contributed by atoms with Crippen molar-refractivity contribution >= 4 is 11.7 Å². The second-order valence-corrected chi connectivity index (χ2v) is 5.57. The van der Waals surface area contributed by atoms with Crippen molar-refractivity contribution < 1.29 is 9.53 Å². The lowest BCUT2D eigenvalue weighted by atomic mass is 10.2. The zero-order valence-electron chi connectivity index (χ0n) is 13.1. The third kappa shape index (κ3) is 4.26. The maximum atomic E-state index is 11.9. The molecule has 1 saturated heterocycles. The summed E-state index contributed by atoms with van der Waals surface area (Å²) in [5.41, 5.74) is 2.57. The van der Waals surface area contributed by atoms with Crippen LogP contribution in [0.3, 0.4) is 0 Å². The first-order chi connectivity index (χ1) is 11.2. The molecule has 0 bridgehead atoms. The highest BCUT2D eigenvalue weighted by atomic mass is 16.5. The van der Waals surface area contributed by atoms with Gasteiger partial charge in [0.2, 0.25) is 0 Å². The molecule has 1 aromatic heterocycles. The van der Waals surface area contributed by atoms with Gasteiger partial charge in [-0.1, -0.05) is 0 Å². The summed E-state index contributed by atoms with van der Waals surface area (Å²) in [6.45, 7) is 3.26. The lowest BCUT2D eigenvalue weighted by molar-refractivity contribution is 0.112. The molecule has 2 N–H and O–H groups in total. The van der Waals surface area contributed by atoms with Gasteiger partial charge in [0, 0.05) is 36.3 Å². The van der Waals surface area contributed by atoms with Crippen LogP contribution in [0.4, 0.5) is 10.5 Å². The maximum absolute atomic E-state index is 11.9. The summed E-state index contributed by atoms with van der Waals surface area (Å²) in [6.07, 6.45) is 3.95. The smallest absolute Gasteiger partial charge is 0.319 e. The molecular weight excluding hydrogens is 292 g/mol. The first-order valence-corrected chi connectivity index (χ1v) is 7.77. The predicted octanol–water partition coefficient (Wildman–Crippen LogP) is 2.75. The van der Waals surface area contributed by atoms with E-state index in [1.807, 2.05) is 37.3 Å². The number of amides is 2. The molecule has 2 amide bonds. The molecule has 1 fully saturated rings. The number of hydrogen-bond acceptors (Lipinski definition) is 4. The van der Waals surface area contributed by atoms with Crippen LogP contribution < -0.4 is 10.6 Å². The molecule has 120 valence electrons. The van der Waals surface area contributed by atoms with Crippen molar-refractivity contribution in [1.82, 2.24) is 15.3 Å². The molecule has 1 atom stereocenters. The molecule has 23 heavy (non-hydrogen) atoms. The Bertz CT molecular complexity index is 667. The third-order valence-electron chi connectivity index (χ3n) is 3.71. The van der Waals surface area contributed by atoms with Gasteiger partial charge in [-0.15, -0.1) is 0 Å². The fourth-order valence-corrected chi connectivity index (χ4v) is 2.48. The second kappa shape index (κ2) is 7.19. The number of carbonyl (C=O) groups is 1. The van der Waals surface area contributed by atoms with E-state index >= 15 is 0 Å². The van der Waals surface area contributed by atoms with E-state index in [9.17, 15) is 4.79 Å². The van der Waals surface area contributed by atoms with Crippen LogP contribution in [-0.2, 0) is 4.74 Å². The van der Waals surface area contributed by atoms with Crippen molar-refractivity contribution in [3.05, 3.63) is 42.2 Å². The summed E-state index contributed by atoms with van der Waals surface area (Å²) in [6, 6.07) is 9.10. The van der Waals surface area contributed by atoms with Gasteiger partial charge in [-0.2, -0.15) is 0 Å². The molecule has 1 aliphatic rings. The van der Waals surface area contributed by atoms with Gasteiger partial charge < -0.3 is 15.4 Å². The Hall–Kier alpha value is -2.47. The van der Waals surface area contributed by atoms with Gasteiger partial charge in [0.05, 0.1) is 6.10 Å². The van der Waals surface area contributed by atoms with Crippen LogP contribution in [0.5, 0.6) is 0 Å². The zero-order valence-corrected chi connectivity index (χ0v) is 13.1. The number of aryl methyl sites for hydroxylation is 1. The highest BCUT2D eigenvalue weighted by molar-refractivity contribution is 5.89. The number of rotatable bonds is 4. The van der Waals surface area contributed by atoms with Crippen molar-refractivity contribution in [3.63, 3.8) is 0 Å². The van der Waals surface area contributed by atoms with Gasteiger partial charge in [-0.3, -0.25) is 0 Å². The van der Waals surface area contributed by atoms with Crippen LogP contribution in [-0.4, -0.2) is 35.3 Å². The summed E-state index contributed by atoms with van der Waals surface area (Å²) in [4.78, 5) is 20.5. The van der Waals surface area contributed by atoms with Gasteiger partial charge in [0.1, 0.15) is 0 Å². The topological polar surface area (TPSA) is 76.1 Å². The first-order valence-electron chi connectivity index (χ1n) is 7.77.